The van der Waals surface area contributed by atoms with Crippen LogP contribution in [0.25, 0.3) is 0 Å². The molecule has 0 N–H and O–H groups in total. The summed E-state index contributed by atoms with van der Waals surface area (Å²) in [6.07, 6.45) is 7.52. The summed E-state index contributed by atoms with van der Waals surface area (Å²) < 4.78 is 13.2. The highest BCUT2D eigenvalue weighted by Crippen LogP contribution is 2.42. The molecule has 128 valence electrons. The molecule has 0 radical (unpaired) electrons. The lowest BCUT2D eigenvalue weighted by Gasteiger charge is -2.48. The molecule has 0 amide bonds. The second-order valence-electron chi connectivity index (χ2n) is 8.89. The van der Waals surface area contributed by atoms with E-state index in [4.69, 9.17) is 8.85 Å². The highest BCUT2D eigenvalue weighted by atomic mass is 28.4. The molecule has 0 saturated carbocycles. The molecular formula is C17H34O3Si2. The van der Waals surface area contributed by atoms with Crippen molar-refractivity contribution in [1.29, 1.82) is 0 Å². The Labute approximate surface area is 138 Å². The Balaban J connectivity index is 3.13. The molecule has 0 unspecified atom stereocenters. The van der Waals surface area contributed by atoms with Gasteiger partial charge in [0.1, 0.15) is 11.9 Å². The van der Waals surface area contributed by atoms with Crippen LogP contribution in [-0.4, -0.2) is 34.6 Å². The minimum absolute atomic E-state index is 0.0182. The molecule has 0 saturated heterocycles. The van der Waals surface area contributed by atoms with E-state index in [0.29, 0.717) is 6.42 Å². The first-order valence-electron chi connectivity index (χ1n) is 8.32. The van der Waals surface area contributed by atoms with E-state index in [2.05, 4.69) is 65.7 Å². The third-order valence-electron chi connectivity index (χ3n) is 4.68. The van der Waals surface area contributed by atoms with Gasteiger partial charge < -0.3 is 13.6 Å². The van der Waals surface area contributed by atoms with E-state index < -0.39 is 22.2 Å². The van der Waals surface area contributed by atoms with Crippen LogP contribution in [0, 0.1) is 0 Å². The number of hydrogen-bond donors (Lipinski definition) is 0. The molecule has 0 aliphatic heterocycles. The van der Waals surface area contributed by atoms with Gasteiger partial charge in [-0.25, -0.2) is 0 Å². The molecule has 2 atom stereocenters. The summed E-state index contributed by atoms with van der Waals surface area (Å²) in [5, 5.41) is 0.153. The van der Waals surface area contributed by atoms with Gasteiger partial charge in [-0.15, -0.1) is 0 Å². The van der Waals surface area contributed by atoms with Crippen molar-refractivity contribution in [3.8, 4) is 0 Å². The van der Waals surface area contributed by atoms with Crippen LogP contribution < -0.4 is 0 Å². The Kier molecular flexibility index (Phi) is 6.04. The average molecular weight is 343 g/mol. The highest BCUT2D eigenvalue weighted by molar-refractivity contribution is 6.74. The Morgan fingerprint density at radius 3 is 2.27 bits per heavy atom. The summed E-state index contributed by atoms with van der Waals surface area (Å²) in [6, 6.07) is 0. The third kappa shape index (κ3) is 4.88. The van der Waals surface area contributed by atoms with Crippen LogP contribution in [0.15, 0.2) is 12.2 Å². The lowest BCUT2D eigenvalue weighted by molar-refractivity contribution is -0.114. The van der Waals surface area contributed by atoms with E-state index in [1.54, 1.807) is 0 Å². The van der Waals surface area contributed by atoms with Crippen LogP contribution in [0.1, 0.15) is 40.0 Å². The number of carbonyl (C=O) groups excluding carboxylic acids is 1. The molecule has 0 heterocycles. The second-order valence-corrected chi connectivity index (χ2v) is 18.1. The fourth-order valence-electron chi connectivity index (χ4n) is 2.61. The Bertz CT molecular complexity index is 419. The monoisotopic (exact) mass is 342 g/mol. The molecule has 0 bridgehead atoms. The van der Waals surface area contributed by atoms with E-state index in [1.807, 2.05) is 0 Å². The van der Waals surface area contributed by atoms with Crippen molar-refractivity contribution in [1.82, 2.24) is 0 Å². The first-order valence-corrected chi connectivity index (χ1v) is 14.6. The molecule has 22 heavy (non-hydrogen) atoms. The lowest BCUT2D eigenvalue weighted by atomic mass is 9.86. The van der Waals surface area contributed by atoms with Crippen molar-refractivity contribution in [2.75, 3.05) is 0 Å². The lowest BCUT2D eigenvalue weighted by Crippen LogP contribution is -2.56. The van der Waals surface area contributed by atoms with Gasteiger partial charge >= 0.3 is 0 Å². The van der Waals surface area contributed by atoms with Crippen LogP contribution >= 0.6 is 0 Å². The zero-order chi connectivity index (χ0) is 17.2. The SMILES string of the molecule is CC(C)(C)[Si](C)(C)O[C@H]1CCC=C[C@]1(CC=O)O[Si](C)(C)C. The summed E-state index contributed by atoms with van der Waals surface area (Å²) in [7, 11) is -3.69. The molecule has 0 aromatic rings. The van der Waals surface area contributed by atoms with Gasteiger partial charge in [-0.05, 0) is 50.6 Å². The van der Waals surface area contributed by atoms with Crippen molar-refractivity contribution in [2.45, 2.75) is 89.5 Å². The van der Waals surface area contributed by atoms with Crippen molar-refractivity contribution in [2.24, 2.45) is 0 Å². The number of aldehydes is 1. The van der Waals surface area contributed by atoms with Gasteiger partial charge in [0.25, 0.3) is 0 Å². The van der Waals surface area contributed by atoms with Gasteiger partial charge in [0.15, 0.2) is 16.6 Å². The third-order valence-corrected chi connectivity index (χ3v) is 10.2. The molecular weight excluding hydrogens is 308 g/mol. The maximum atomic E-state index is 11.3. The van der Waals surface area contributed by atoms with Gasteiger partial charge in [0.2, 0.25) is 0 Å². The van der Waals surface area contributed by atoms with Gasteiger partial charge in [-0.1, -0.05) is 32.9 Å². The Hall–Kier alpha value is -0.236. The minimum atomic E-state index is -1.90. The summed E-state index contributed by atoms with van der Waals surface area (Å²) in [4.78, 5) is 11.3. The van der Waals surface area contributed by atoms with Gasteiger partial charge in [0, 0.05) is 6.42 Å². The normalized spacial score (nSPS) is 27.0. The molecule has 1 aliphatic rings. The molecule has 1 aliphatic carbocycles. The average Bonchev–Trinajstić information content (AvgIpc) is 2.28. The summed E-state index contributed by atoms with van der Waals surface area (Å²) in [6.45, 7) is 17.8. The molecule has 1 rings (SSSR count). The van der Waals surface area contributed by atoms with Crippen LogP contribution in [-0.2, 0) is 13.6 Å². The highest BCUT2D eigenvalue weighted by Gasteiger charge is 2.47. The van der Waals surface area contributed by atoms with Crippen molar-refractivity contribution >= 4 is 22.9 Å². The molecule has 3 nitrogen and oxygen atoms in total. The minimum Gasteiger partial charge on any atom is -0.411 e. The van der Waals surface area contributed by atoms with E-state index in [0.717, 1.165) is 19.1 Å². The standard InChI is InChI=1S/C17H34O3Si2/c1-16(2,3)22(7,8)19-15-11-9-10-12-17(15,13-14-18)20-21(4,5)6/h10,12,14-15H,9,11,13H2,1-8H3/t15-,17+/m0/s1. The Morgan fingerprint density at radius 2 is 1.82 bits per heavy atom. The smallest absolute Gasteiger partial charge is 0.192 e. The molecule has 5 heteroatoms. The summed E-state index contributed by atoms with van der Waals surface area (Å²) >= 11 is 0. The van der Waals surface area contributed by atoms with Crippen molar-refractivity contribution in [3.05, 3.63) is 12.2 Å². The number of hydrogen-bond acceptors (Lipinski definition) is 3. The summed E-state index contributed by atoms with van der Waals surface area (Å²) in [5.41, 5.74) is -0.569. The first-order chi connectivity index (χ1) is 9.83. The maximum Gasteiger partial charge on any atom is 0.192 e. The van der Waals surface area contributed by atoms with Gasteiger partial charge in [-0.3, -0.25) is 0 Å². The number of carbonyl (C=O) groups is 1. The zero-order valence-electron chi connectivity index (χ0n) is 15.7. The van der Waals surface area contributed by atoms with Crippen molar-refractivity contribution in [3.63, 3.8) is 0 Å². The van der Waals surface area contributed by atoms with E-state index in [1.165, 1.54) is 0 Å². The molecule has 0 aromatic heterocycles. The number of allylic oxidation sites excluding steroid dienone is 1. The predicted octanol–water partition coefficient (Wildman–Crippen LogP) is 4.91. The van der Waals surface area contributed by atoms with Crippen LogP contribution in [0.2, 0.25) is 37.8 Å². The van der Waals surface area contributed by atoms with Crippen LogP contribution in [0.5, 0.6) is 0 Å². The van der Waals surface area contributed by atoms with Gasteiger partial charge in [0.05, 0.1) is 6.10 Å². The van der Waals surface area contributed by atoms with Crippen molar-refractivity contribution < 1.29 is 13.6 Å². The Morgan fingerprint density at radius 1 is 1.23 bits per heavy atom. The molecule has 0 aromatic carbocycles. The largest absolute Gasteiger partial charge is 0.411 e. The topological polar surface area (TPSA) is 35.5 Å². The fraction of sp³-hybridized carbons (Fsp3) is 0.824. The molecule has 0 spiro atoms. The fourth-order valence-corrected chi connectivity index (χ4v) is 5.42. The van der Waals surface area contributed by atoms with Crippen LogP contribution in [0.4, 0.5) is 0 Å². The first kappa shape index (κ1) is 19.8. The number of rotatable bonds is 6. The second kappa shape index (κ2) is 6.71. The summed E-state index contributed by atoms with van der Waals surface area (Å²) in [5.74, 6) is 0. The maximum absolute atomic E-state index is 11.3. The molecule has 0 fully saturated rings. The van der Waals surface area contributed by atoms with E-state index >= 15 is 0 Å². The zero-order valence-corrected chi connectivity index (χ0v) is 17.7. The van der Waals surface area contributed by atoms with E-state index in [9.17, 15) is 4.79 Å². The van der Waals surface area contributed by atoms with Crippen LogP contribution in [0.3, 0.4) is 0 Å². The predicted molar refractivity (Wildman–Crippen MR) is 98.3 cm³/mol. The van der Waals surface area contributed by atoms with E-state index in [-0.39, 0.29) is 11.1 Å². The van der Waals surface area contributed by atoms with Gasteiger partial charge in [-0.2, -0.15) is 0 Å². The quantitative estimate of drug-likeness (QED) is 0.391.